The first-order valence-electron chi connectivity index (χ1n) is 37.5. The Morgan fingerprint density at radius 3 is 1.55 bits per heavy atom. The number of nitrogens with zero attached hydrogens (tertiary/aromatic N) is 15. The molecule has 581 valence electrons. The molecule has 0 bridgehead atoms. The van der Waals surface area contributed by atoms with Crippen LogP contribution in [0.15, 0.2) is 390 Å². The first-order valence-corrected chi connectivity index (χ1v) is 39.0. The van der Waals surface area contributed by atoms with Crippen LogP contribution in [0.25, 0.3) is 133 Å². The number of hydrogen-bond donors (Lipinski definition) is 0. The van der Waals surface area contributed by atoms with E-state index in [4.69, 9.17) is 15.7 Å². The van der Waals surface area contributed by atoms with Gasteiger partial charge < -0.3 is 25.5 Å². The van der Waals surface area contributed by atoms with Crippen LogP contribution < -0.4 is 15.3 Å². The zero-order valence-corrected chi connectivity index (χ0v) is 77.2. The molecule has 0 unspecified atom stereocenters. The van der Waals surface area contributed by atoms with Gasteiger partial charge in [-0.1, -0.05) is 308 Å². The fourth-order valence-corrected chi connectivity index (χ4v) is 14.6. The van der Waals surface area contributed by atoms with E-state index >= 15 is 0 Å². The second-order valence-electron chi connectivity index (χ2n) is 27.0. The number of hydrogen-bond acceptors (Lipinski definition) is 16. The molecule has 124 heavy (non-hydrogen) atoms. The topological polar surface area (TPSA) is 301 Å². The summed E-state index contributed by atoms with van der Waals surface area (Å²) in [5.41, 5.74) is 14.4. The monoisotopic (exact) mass is 1830 g/mol. The van der Waals surface area contributed by atoms with Crippen molar-refractivity contribution in [3.8, 4) is 85.6 Å². The standard InChI is InChI=1S/C24H17N3O.C24H16N2O.C20H15N3O.C16H13N2O2S.C14H6N5.Be.Cu.3Zn/c28-22-16-7-6-14-21(22)24-26-25-23(27(24)18-11-2-1-3-12-18)20-15-8-10-17-9-4-5-13-19(17)20;27-24-21-10-5-4-9-19(21)23(26-24)15-17-13-14-20-18(11-6-12-22(20)25-17)16-7-2-1-3-8-16;24-18-14-8-7-13-17(18)20-22-21-19(15-9-3-1-4-10-15)23(20)16-11-5-2-6-12-16;1-12-7-9-14(10-8-12)21(19,20)18-15-6-2-4-13-5-3-11-17-16(13)15;15-7-12-13(8-16)19-14(18-12)11-6-5-9-3-1-2-4-10(9)17-11;;;;;/h1-16,28H;1-15H,(H,26,27);1-14,24H;2-11H,1H3;1-6H;;;;;/q;;;2*-1;5*+2/p-3/b;23-15-;;;;;;;;. The van der Waals surface area contributed by atoms with Gasteiger partial charge >= 0.3 is 85.6 Å². The van der Waals surface area contributed by atoms with Gasteiger partial charge in [-0.2, -0.15) is 5.26 Å². The predicted molar refractivity (Wildman–Crippen MR) is 471 cm³/mol. The Bertz CT molecular complexity index is 7190. The number of aromatic nitrogens is 9. The minimum Gasteiger partial charge on any atom is -0.872 e. The molecule has 2 aliphatic rings. The molecule has 0 N–H and O–H groups in total. The van der Waals surface area contributed by atoms with Crippen molar-refractivity contribution in [2.45, 2.75) is 11.8 Å². The molecule has 26 heteroatoms. The van der Waals surface area contributed by atoms with E-state index in [9.17, 15) is 23.7 Å². The summed E-state index contributed by atoms with van der Waals surface area (Å²) in [6.45, 7) is 1.90. The van der Waals surface area contributed by atoms with Crippen LogP contribution in [0.4, 0.5) is 5.69 Å². The van der Waals surface area contributed by atoms with Gasteiger partial charge in [0.25, 0.3) is 0 Å². The average molecular weight is 1830 g/mol. The summed E-state index contributed by atoms with van der Waals surface area (Å²) in [4.78, 5) is 25.8. The molecule has 0 amide bonds. The number of amidine groups is 1. The molecule has 2 aliphatic heterocycles. The molecule has 18 aromatic rings. The van der Waals surface area contributed by atoms with Crippen molar-refractivity contribution >= 4 is 104 Å². The summed E-state index contributed by atoms with van der Waals surface area (Å²) in [6, 6.07) is 115. The molecule has 20 rings (SSSR count). The maximum absolute atomic E-state index is 12.5. The van der Waals surface area contributed by atoms with Crippen molar-refractivity contribution < 1.29 is 99.2 Å². The van der Waals surface area contributed by atoms with E-state index in [2.05, 4.69) is 92.5 Å². The normalized spacial score (nSPS) is 11.7. The van der Waals surface area contributed by atoms with Crippen molar-refractivity contribution in [2.24, 2.45) is 15.0 Å². The number of benzene rings is 13. The number of fused-ring (bicyclic) bond motifs is 5. The van der Waals surface area contributed by atoms with Crippen LogP contribution in [0.3, 0.4) is 0 Å². The third-order valence-electron chi connectivity index (χ3n) is 19.3. The smallest absolute Gasteiger partial charge is 0.872 e. The van der Waals surface area contributed by atoms with Gasteiger partial charge in [-0.15, -0.1) is 26.1 Å². The summed E-state index contributed by atoms with van der Waals surface area (Å²) in [6.07, 6.45) is 3.50. The van der Waals surface area contributed by atoms with Crippen LogP contribution in [0.2, 0.25) is 0 Å². The van der Waals surface area contributed by atoms with E-state index in [0.717, 1.165) is 82.9 Å². The Morgan fingerprint density at radius 1 is 0.427 bits per heavy atom. The van der Waals surface area contributed by atoms with Crippen molar-refractivity contribution in [3.63, 3.8) is 0 Å². The molecular weight excluding hydrogens is 1770 g/mol. The van der Waals surface area contributed by atoms with Crippen LogP contribution >= 0.6 is 0 Å². The number of pyridine rings is 3. The molecule has 5 aromatic heterocycles. The quantitative estimate of drug-likeness (QED) is 0.0812. The van der Waals surface area contributed by atoms with Crippen molar-refractivity contribution in [2.75, 3.05) is 0 Å². The molecular formula is C98H64BeCuN15O5SZn3+5. The molecule has 13 aromatic carbocycles. The largest absolute Gasteiger partial charge is 2.00 e. The van der Waals surface area contributed by atoms with E-state index in [0.29, 0.717) is 68.4 Å². The molecule has 1 radical (unpaired) electrons. The number of nitriles is 1. The van der Waals surface area contributed by atoms with E-state index in [1.54, 1.807) is 91.1 Å². The van der Waals surface area contributed by atoms with E-state index in [-0.39, 0.29) is 119 Å². The molecule has 0 fully saturated rings. The fourth-order valence-electron chi connectivity index (χ4n) is 13.6. The van der Waals surface area contributed by atoms with Crippen molar-refractivity contribution in [1.82, 2.24) is 44.5 Å². The average Bonchev–Trinajstić information content (AvgIpc) is 1.59. The Balaban J connectivity index is 0.000000150. The number of aryl methyl sites for hydroxylation is 1. The first kappa shape index (κ1) is 90.8. The number of rotatable bonds is 12. The predicted octanol–water partition coefficient (Wildman–Crippen LogP) is 18.7. The van der Waals surface area contributed by atoms with E-state index in [1.165, 1.54) is 5.56 Å². The van der Waals surface area contributed by atoms with Gasteiger partial charge in [-0.05, 0) is 118 Å². The van der Waals surface area contributed by atoms with Gasteiger partial charge in [0.2, 0.25) is 0 Å². The summed E-state index contributed by atoms with van der Waals surface area (Å²) in [7, 11) is -3.74. The van der Waals surface area contributed by atoms with Gasteiger partial charge in [-0.3, -0.25) is 19.1 Å². The summed E-state index contributed by atoms with van der Waals surface area (Å²) in [5, 5.41) is 77.3. The maximum Gasteiger partial charge on any atom is 2.00 e. The van der Waals surface area contributed by atoms with Crippen LogP contribution in [0.1, 0.15) is 28.1 Å². The molecule has 0 saturated heterocycles. The zero-order valence-electron chi connectivity index (χ0n) is 66.5. The minimum atomic E-state index is -3.74. The SMILES string of the molecule is Cc1ccc(S(=O)(=O)[N-]c2cccc3cccnc23)cc1.N#CC1=NC(c2ccc3ccccc3n2)=NC1=C=[N-].[Be+2].[Cu+2].[O-]C1=N/C(=C\c2ccc3c(-c4ccccc4)cccc3n2)c2ccccc21.[O-]c1ccccc1-c1nnc(-c2cccc3ccccc23)n1-c1ccccc1.[O-]c1ccccc1-c1nnc(-c2ccccc2)n1-c1ccccc1.[Zn+2].[Zn+2].[Zn+2]. The molecule has 20 nitrogen and oxygen atoms in total. The third-order valence-corrected chi connectivity index (χ3v) is 20.6. The van der Waals surface area contributed by atoms with E-state index in [1.807, 2.05) is 265 Å². The molecule has 0 spiro atoms. The number of para-hydroxylation sites is 6. The Labute approximate surface area is 767 Å². The van der Waals surface area contributed by atoms with Crippen LogP contribution in [0.5, 0.6) is 11.5 Å². The summed E-state index contributed by atoms with van der Waals surface area (Å²) < 4.78 is 32.5. The molecule has 0 atom stereocenters. The zero-order chi connectivity index (χ0) is 81.6. The number of sulfonamides is 1. The van der Waals surface area contributed by atoms with Crippen LogP contribution in [-0.4, -0.2) is 86.3 Å². The van der Waals surface area contributed by atoms with Crippen molar-refractivity contribution in [1.29, 1.82) is 5.26 Å². The van der Waals surface area contributed by atoms with Crippen molar-refractivity contribution in [3.05, 3.63) is 408 Å². The number of aliphatic imine (C=N–C) groups is 3. The Kier molecular flexibility index (Phi) is 30.8. The van der Waals surface area contributed by atoms with Crippen LogP contribution in [0, 0.1) is 18.3 Å². The summed E-state index contributed by atoms with van der Waals surface area (Å²) in [5.74, 6) is 4.33. The molecule has 0 aliphatic carbocycles. The maximum atomic E-state index is 12.5. The molecule has 0 saturated carbocycles. The van der Waals surface area contributed by atoms with Gasteiger partial charge in [0.15, 0.2) is 34.8 Å². The van der Waals surface area contributed by atoms with Gasteiger partial charge in [-0.25, -0.2) is 34.2 Å². The minimum absolute atomic E-state index is 0. The Morgan fingerprint density at radius 2 is 0.919 bits per heavy atom. The first-order chi connectivity index (χ1) is 58.3. The summed E-state index contributed by atoms with van der Waals surface area (Å²) >= 11 is 0. The number of allylic oxidation sites excluding steroid dienone is 1. The Hall–Kier alpha value is -14.0. The van der Waals surface area contributed by atoms with Crippen LogP contribution in [-0.2, 0) is 85.5 Å². The van der Waals surface area contributed by atoms with E-state index < -0.39 is 10.0 Å². The third kappa shape index (κ3) is 20.3. The second-order valence-corrected chi connectivity index (χ2v) is 28.6. The van der Waals surface area contributed by atoms with Gasteiger partial charge in [0, 0.05) is 56.2 Å². The molecule has 7 heterocycles. The van der Waals surface area contributed by atoms with Gasteiger partial charge in [0.05, 0.1) is 32.8 Å². The second kappa shape index (κ2) is 42.0. The fraction of sp³-hybridized carbons (Fsp3) is 0.0102. The van der Waals surface area contributed by atoms with Gasteiger partial charge in [0.1, 0.15) is 27.5 Å².